The number of aromatic nitrogens is 1. The molecule has 0 radical (unpaired) electrons. The molecule has 0 amide bonds. The van der Waals surface area contributed by atoms with Crippen molar-refractivity contribution in [3.63, 3.8) is 0 Å². The number of carbonyl (C=O) groups is 1. The largest absolute Gasteiger partial charge is 0.347 e. The third-order valence-electron chi connectivity index (χ3n) is 3.73. The minimum atomic E-state index is 0.131. The summed E-state index contributed by atoms with van der Waals surface area (Å²) in [5.74, 6) is 2.54. The second-order valence-corrected chi connectivity index (χ2v) is 7.20. The number of Topliss-reactive ketones (excluding diaryl/α,β-unsaturated/α-hetero) is 1. The molecule has 0 saturated carbocycles. The highest BCUT2D eigenvalue weighted by Crippen LogP contribution is 2.28. The highest BCUT2D eigenvalue weighted by molar-refractivity contribution is 7.99. The van der Waals surface area contributed by atoms with Crippen molar-refractivity contribution in [2.75, 3.05) is 23.5 Å². The maximum absolute atomic E-state index is 12.2. The van der Waals surface area contributed by atoms with Gasteiger partial charge < -0.3 is 4.90 Å². The van der Waals surface area contributed by atoms with Crippen LogP contribution in [0.4, 0.5) is 5.13 Å². The number of carbonyl (C=O) groups excluding carboxylic acids is 1. The molecular formula is C16H18N2OS2. The smallest absolute Gasteiger partial charge is 0.185 e. The lowest BCUT2D eigenvalue weighted by molar-refractivity contribution is 0.0992. The van der Waals surface area contributed by atoms with Crippen LogP contribution in [-0.2, 0) is 6.42 Å². The second-order valence-electron chi connectivity index (χ2n) is 5.22. The van der Waals surface area contributed by atoms with Crippen molar-refractivity contribution >= 4 is 34.0 Å². The lowest BCUT2D eigenvalue weighted by Gasteiger charge is -2.22. The Bertz CT molecular complexity index is 606. The van der Waals surface area contributed by atoms with Crippen LogP contribution in [0.1, 0.15) is 22.5 Å². The number of rotatable bonds is 5. The van der Waals surface area contributed by atoms with Crippen LogP contribution in [-0.4, -0.2) is 35.4 Å². The number of anilines is 1. The summed E-state index contributed by atoms with van der Waals surface area (Å²) in [4.78, 5) is 19.1. The maximum Gasteiger partial charge on any atom is 0.185 e. The first-order chi connectivity index (χ1) is 10.2. The van der Waals surface area contributed by atoms with Gasteiger partial charge in [0.1, 0.15) is 0 Å². The minimum absolute atomic E-state index is 0.131. The molecule has 0 spiro atoms. The zero-order valence-corrected chi connectivity index (χ0v) is 13.6. The van der Waals surface area contributed by atoms with Gasteiger partial charge in [0.05, 0.1) is 12.1 Å². The van der Waals surface area contributed by atoms with Crippen LogP contribution in [0.5, 0.6) is 0 Å². The van der Waals surface area contributed by atoms with Gasteiger partial charge >= 0.3 is 0 Å². The van der Waals surface area contributed by atoms with Gasteiger partial charge in [-0.3, -0.25) is 4.79 Å². The lowest BCUT2D eigenvalue weighted by Crippen LogP contribution is -2.31. The number of thiazole rings is 1. The van der Waals surface area contributed by atoms with E-state index in [9.17, 15) is 4.79 Å². The first-order valence-corrected chi connectivity index (χ1v) is 9.10. The van der Waals surface area contributed by atoms with E-state index in [2.05, 4.69) is 16.9 Å². The Morgan fingerprint density at radius 2 is 2.19 bits per heavy atom. The van der Waals surface area contributed by atoms with E-state index in [0.29, 0.717) is 12.5 Å². The quantitative estimate of drug-likeness (QED) is 0.790. The molecule has 2 heterocycles. The monoisotopic (exact) mass is 318 g/mol. The van der Waals surface area contributed by atoms with Crippen molar-refractivity contribution < 1.29 is 4.79 Å². The highest BCUT2D eigenvalue weighted by Gasteiger charge is 2.22. The Balaban J connectivity index is 1.66. The standard InChI is InChI=1S/C16H18N2OS2/c1-18(14-7-8-20-11-14)16-17-13(10-21-16)9-15(19)12-5-3-2-4-6-12/h2-6,10,14H,7-9,11H2,1H3. The van der Waals surface area contributed by atoms with Crippen molar-refractivity contribution in [3.05, 3.63) is 47.0 Å². The molecule has 1 unspecified atom stereocenters. The van der Waals surface area contributed by atoms with Crippen molar-refractivity contribution in [2.45, 2.75) is 18.9 Å². The molecule has 0 bridgehead atoms. The molecule has 1 saturated heterocycles. The van der Waals surface area contributed by atoms with E-state index in [4.69, 9.17) is 0 Å². The molecule has 1 aromatic carbocycles. The van der Waals surface area contributed by atoms with Gasteiger partial charge in [-0.15, -0.1) is 11.3 Å². The Labute approximate surface area is 133 Å². The fourth-order valence-electron chi connectivity index (χ4n) is 2.41. The summed E-state index contributed by atoms with van der Waals surface area (Å²) in [6.07, 6.45) is 1.60. The molecular weight excluding hydrogens is 300 g/mol. The molecule has 5 heteroatoms. The van der Waals surface area contributed by atoms with Gasteiger partial charge in [-0.2, -0.15) is 11.8 Å². The van der Waals surface area contributed by atoms with Crippen LogP contribution in [0.3, 0.4) is 0 Å². The van der Waals surface area contributed by atoms with Crippen LogP contribution in [0.2, 0.25) is 0 Å². The number of thioether (sulfide) groups is 1. The Kier molecular flexibility index (Phi) is 4.60. The predicted octanol–water partition coefficient (Wildman–Crippen LogP) is 3.51. The molecule has 1 fully saturated rings. The molecule has 110 valence electrons. The van der Waals surface area contributed by atoms with Crippen LogP contribution < -0.4 is 4.90 Å². The molecule has 3 nitrogen and oxygen atoms in total. The van der Waals surface area contributed by atoms with E-state index >= 15 is 0 Å². The average molecular weight is 318 g/mol. The third kappa shape index (κ3) is 3.47. The van der Waals surface area contributed by atoms with Crippen molar-refractivity contribution in [1.82, 2.24) is 4.98 Å². The predicted molar refractivity (Wildman–Crippen MR) is 90.7 cm³/mol. The van der Waals surface area contributed by atoms with Gasteiger partial charge in [0.25, 0.3) is 0 Å². The highest BCUT2D eigenvalue weighted by atomic mass is 32.2. The second kappa shape index (κ2) is 6.62. The summed E-state index contributed by atoms with van der Waals surface area (Å²) in [5, 5.41) is 3.03. The SMILES string of the molecule is CN(c1nc(CC(=O)c2ccccc2)cs1)C1CCSC1. The van der Waals surface area contributed by atoms with Crippen LogP contribution in [0, 0.1) is 0 Å². The van der Waals surface area contributed by atoms with E-state index in [1.54, 1.807) is 11.3 Å². The first kappa shape index (κ1) is 14.6. The van der Waals surface area contributed by atoms with E-state index in [1.807, 2.05) is 47.5 Å². The van der Waals surface area contributed by atoms with Gasteiger partial charge in [-0.25, -0.2) is 4.98 Å². The number of hydrogen-bond acceptors (Lipinski definition) is 5. The van der Waals surface area contributed by atoms with E-state index in [1.165, 1.54) is 17.9 Å². The topological polar surface area (TPSA) is 33.2 Å². The molecule has 21 heavy (non-hydrogen) atoms. The van der Waals surface area contributed by atoms with E-state index in [0.717, 1.165) is 16.4 Å². The first-order valence-electron chi connectivity index (χ1n) is 7.07. The summed E-state index contributed by atoms with van der Waals surface area (Å²) in [6.45, 7) is 0. The summed E-state index contributed by atoms with van der Waals surface area (Å²) in [7, 11) is 2.11. The van der Waals surface area contributed by atoms with Gasteiger partial charge in [0, 0.05) is 29.8 Å². The lowest BCUT2D eigenvalue weighted by atomic mass is 10.1. The molecule has 0 N–H and O–H groups in total. The third-order valence-corrected chi connectivity index (χ3v) is 5.86. The van der Waals surface area contributed by atoms with Gasteiger partial charge in [0.15, 0.2) is 10.9 Å². The average Bonchev–Trinajstić information content (AvgIpc) is 3.19. The van der Waals surface area contributed by atoms with Crippen molar-refractivity contribution in [2.24, 2.45) is 0 Å². The van der Waals surface area contributed by atoms with Crippen LogP contribution in [0.15, 0.2) is 35.7 Å². The van der Waals surface area contributed by atoms with Gasteiger partial charge in [-0.05, 0) is 12.2 Å². The molecule has 2 aromatic rings. The number of hydrogen-bond donors (Lipinski definition) is 0. The van der Waals surface area contributed by atoms with E-state index < -0.39 is 0 Å². The minimum Gasteiger partial charge on any atom is -0.347 e. The number of nitrogens with zero attached hydrogens (tertiary/aromatic N) is 2. The number of ketones is 1. The van der Waals surface area contributed by atoms with Crippen molar-refractivity contribution in [3.8, 4) is 0 Å². The molecule has 1 atom stereocenters. The van der Waals surface area contributed by atoms with Crippen molar-refractivity contribution in [1.29, 1.82) is 0 Å². The summed E-state index contributed by atoms with van der Waals surface area (Å²) >= 11 is 3.64. The fraction of sp³-hybridized carbons (Fsp3) is 0.375. The van der Waals surface area contributed by atoms with Crippen LogP contribution in [0.25, 0.3) is 0 Å². The van der Waals surface area contributed by atoms with Crippen LogP contribution >= 0.6 is 23.1 Å². The Morgan fingerprint density at radius 3 is 2.90 bits per heavy atom. The number of benzene rings is 1. The summed E-state index contributed by atoms with van der Waals surface area (Å²) in [6, 6.07) is 10.0. The Hall–Kier alpha value is -1.33. The fourth-order valence-corrected chi connectivity index (χ4v) is 4.54. The van der Waals surface area contributed by atoms with E-state index in [-0.39, 0.29) is 5.78 Å². The van der Waals surface area contributed by atoms with Gasteiger partial charge in [-0.1, -0.05) is 30.3 Å². The molecule has 1 aliphatic rings. The summed E-state index contributed by atoms with van der Waals surface area (Å²) < 4.78 is 0. The van der Waals surface area contributed by atoms with Gasteiger partial charge in [0.2, 0.25) is 0 Å². The maximum atomic E-state index is 12.2. The molecule has 1 aliphatic heterocycles. The molecule has 1 aromatic heterocycles. The zero-order valence-electron chi connectivity index (χ0n) is 12.0. The Morgan fingerprint density at radius 1 is 1.38 bits per heavy atom. The zero-order chi connectivity index (χ0) is 14.7. The normalized spacial score (nSPS) is 17.9. The molecule has 3 rings (SSSR count). The summed E-state index contributed by atoms with van der Waals surface area (Å²) in [5.41, 5.74) is 1.63. The molecule has 0 aliphatic carbocycles.